The zero-order chi connectivity index (χ0) is 14.3. The second kappa shape index (κ2) is 4.81. The summed E-state index contributed by atoms with van der Waals surface area (Å²) >= 11 is 0. The van der Waals surface area contributed by atoms with E-state index in [2.05, 4.69) is 6.07 Å². The number of benzene rings is 1. The standard InChI is InChI=1S/C15H18O4S/c1-10-13(19-20(2,16)17)8-7-11-9-18-14-6-4-3-5-12(14)15(10)11/h3-6,11,15H,7-9H2,1-2H3/t11-,15-/m1/s1. The van der Waals surface area contributed by atoms with E-state index in [1.54, 1.807) is 0 Å². The van der Waals surface area contributed by atoms with Crippen LogP contribution in [0.3, 0.4) is 0 Å². The summed E-state index contributed by atoms with van der Waals surface area (Å²) in [6, 6.07) is 7.96. The molecule has 2 atom stereocenters. The molecule has 2 aliphatic rings. The first-order chi connectivity index (χ1) is 9.46. The lowest BCUT2D eigenvalue weighted by molar-refractivity contribution is 0.180. The Morgan fingerprint density at radius 2 is 2.05 bits per heavy atom. The van der Waals surface area contributed by atoms with Gasteiger partial charge in [-0.05, 0) is 25.0 Å². The van der Waals surface area contributed by atoms with Crippen molar-refractivity contribution in [1.82, 2.24) is 0 Å². The molecule has 0 N–H and O–H groups in total. The molecule has 3 rings (SSSR count). The highest BCUT2D eigenvalue weighted by atomic mass is 32.2. The van der Waals surface area contributed by atoms with Crippen molar-refractivity contribution >= 4 is 10.1 Å². The Kier molecular flexibility index (Phi) is 3.24. The Labute approximate surface area is 119 Å². The van der Waals surface area contributed by atoms with Crippen LogP contribution in [0.4, 0.5) is 0 Å². The van der Waals surface area contributed by atoms with Crippen molar-refractivity contribution in [2.24, 2.45) is 5.92 Å². The molecule has 0 aromatic heterocycles. The minimum Gasteiger partial charge on any atom is -0.493 e. The quantitative estimate of drug-likeness (QED) is 0.787. The molecule has 20 heavy (non-hydrogen) atoms. The maximum absolute atomic E-state index is 11.4. The number of rotatable bonds is 2. The highest BCUT2D eigenvalue weighted by Crippen LogP contribution is 2.47. The predicted octanol–water partition coefficient (Wildman–Crippen LogP) is 2.82. The Morgan fingerprint density at radius 1 is 1.30 bits per heavy atom. The van der Waals surface area contributed by atoms with Gasteiger partial charge in [-0.3, -0.25) is 0 Å². The van der Waals surface area contributed by atoms with Crippen LogP contribution < -0.4 is 4.74 Å². The SMILES string of the molecule is CC1=C(OS(C)(=O)=O)CC[C@@H]2COc3ccccc3[C@H]12. The van der Waals surface area contributed by atoms with Crippen molar-refractivity contribution < 1.29 is 17.3 Å². The fourth-order valence-electron chi connectivity index (χ4n) is 3.23. The van der Waals surface area contributed by atoms with Crippen LogP contribution in [-0.2, 0) is 14.3 Å². The molecule has 4 nitrogen and oxygen atoms in total. The molecular formula is C15H18O4S. The first kappa shape index (κ1) is 13.5. The van der Waals surface area contributed by atoms with Crippen molar-refractivity contribution in [2.45, 2.75) is 25.7 Å². The molecule has 1 aliphatic carbocycles. The summed E-state index contributed by atoms with van der Waals surface area (Å²) in [5.41, 5.74) is 2.15. The zero-order valence-electron chi connectivity index (χ0n) is 11.6. The van der Waals surface area contributed by atoms with E-state index < -0.39 is 10.1 Å². The van der Waals surface area contributed by atoms with Crippen LogP contribution in [0.2, 0.25) is 0 Å². The summed E-state index contributed by atoms with van der Waals surface area (Å²) in [5, 5.41) is 0. The van der Waals surface area contributed by atoms with E-state index in [0.29, 0.717) is 24.7 Å². The van der Waals surface area contributed by atoms with E-state index in [-0.39, 0.29) is 5.92 Å². The molecule has 108 valence electrons. The monoisotopic (exact) mass is 294 g/mol. The van der Waals surface area contributed by atoms with E-state index in [1.165, 1.54) is 0 Å². The van der Waals surface area contributed by atoms with Gasteiger partial charge in [0, 0.05) is 23.8 Å². The van der Waals surface area contributed by atoms with Crippen molar-refractivity contribution in [3.63, 3.8) is 0 Å². The second-order valence-electron chi connectivity index (χ2n) is 5.52. The van der Waals surface area contributed by atoms with Gasteiger partial charge >= 0.3 is 10.1 Å². The molecule has 1 aromatic rings. The molecular weight excluding hydrogens is 276 g/mol. The summed E-state index contributed by atoms with van der Waals surface area (Å²) in [4.78, 5) is 0. The maximum Gasteiger partial charge on any atom is 0.305 e. The average molecular weight is 294 g/mol. The highest BCUT2D eigenvalue weighted by molar-refractivity contribution is 7.86. The average Bonchev–Trinajstić information content (AvgIpc) is 2.40. The smallest absolute Gasteiger partial charge is 0.305 e. The van der Waals surface area contributed by atoms with Crippen molar-refractivity contribution in [1.29, 1.82) is 0 Å². The van der Waals surface area contributed by atoms with E-state index in [1.807, 2.05) is 25.1 Å². The van der Waals surface area contributed by atoms with Gasteiger partial charge in [0.2, 0.25) is 0 Å². The molecule has 0 fully saturated rings. The number of para-hydroxylation sites is 1. The van der Waals surface area contributed by atoms with Crippen LogP contribution in [-0.4, -0.2) is 21.3 Å². The summed E-state index contributed by atoms with van der Waals surface area (Å²) < 4.78 is 33.7. The highest BCUT2D eigenvalue weighted by Gasteiger charge is 2.37. The van der Waals surface area contributed by atoms with Gasteiger partial charge in [0.1, 0.15) is 11.5 Å². The minimum absolute atomic E-state index is 0.199. The summed E-state index contributed by atoms with van der Waals surface area (Å²) in [6.45, 7) is 2.66. The van der Waals surface area contributed by atoms with Gasteiger partial charge in [0.05, 0.1) is 12.9 Å². The van der Waals surface area contributed by atoms with Crippen molar-refractivity contribution in [3.8, 4) is 5.75 Å². The van der Waals surface area contributed by atoms with E-state index in [4.69, 9.17) is 8.92 Å². The minimum atomic E-state index is -3.46. The summed E-state index contributed by atoms with van der Waals surface area (Å²) in [6.07, 6.45) is 2.64. The molecule has 1 heterocycles. The van der Waals surface area contributed by atoms with Gasteiger partial charge in [-0.25, -0.2) is 0 Å². The van der Waals surface area contributed by atoms with Gasteiger partial charge in [-0.15, -0.1) is 0 Å². The predicted molar refractivity (Wildman–Crippen MR) is 76.0 cm³/mol. The van der Waals surface area contributed by atoms with Crippen LogP contribution in [0.5, 0.6) is 5.75 Å². The van der Waals surface area contributed by atoms with Gasteiger partial charge in [0.25, 0.3) is 0 Å². The van der Waals surface area contributed by atoms with Crippen LogP contribution in [0.1, 0.15) is 31.2 Å². The first-order valence-electron chi connectivity index (χ1n) is 6.76. The topological polar surface area (TPSA) is 52.6 Å². The molecule has 5 heteroatoms. The number of ether oxygens (including phenoxy) is 1. The lowest BCUT2D eigenvalue weighted by Crippen LogP contribution is -2.30. The molecule has 0 bridgehead atoms. The van der Waals surface area contributed by atoms with Crippen LogP contribution in [0, 0.1) is 5.92 Å². The van der Waals surface area contributed by atoms with Crippen LogP contribution >= 0.6 is 0 Å². The van der Waals surface area contributed by atoms with Gasteiger partial charge < -0.3 is 8.92 Å². The zero-order valence-corrected chi connectivity index (χ0v) is 12.4. The Morgan fingerprint density at radius 3 is 2.80 bits per heavy atom. The van der Waals surface area contributed by atoms with E-state index >= 15 is 0 Å². The molecule has 0 radical (unpaired) electrons. The first-order valence-corrected chi connectivity index (χ1v) is 8.58. The number of fused-ring (bicyclic) bond motifs is 3. The van der Waals surface area contributed by atoms with E-state index in [0.717, 1.165) is 29.6 Å². The lowest BCUT2D eigenvalue weighted by Gasteiger charge is -2.38. The van der Waals surface area contributed by atoms with Crippen LogP contribution in [0.25, 0.3) is 0 Å². The maximum atomic E-state index is 11.4. The third kappa shape index (κ3) is 2.42. The van der Waals surface area contributed by atoms with Crippen molar-refractivity contribution in [3.05, 3.63) is 41.2 Å². The molecule has 0 saturated heterocycles. The lowest BCUT2D eigenvalue weighted by atomic mass is 9.73. The molecule has 0 unspecified atom stereocenters. The third-order valence-corrected chi connectivity index (χ3v) is 4.58. The molecule has 0 spiro atoms. The largest absolute Gasteiger partial charge is 0.493 e. The summed E-state index contributed by atoms with van der Waals surface area (Å²) in [5.74, 6) is 2.10. The molecule has 0 saturated carbocycles. The Hall–Kier alpha value is -1.49. The van der Waals surface area contributed by atoms with E-state index in [9.17, 15) is 8.42 Å². The number of hydrogen-bond donors (Lipinski definition) is 0. The molecule has 1 aromatic carbocycles. The molecule has 0 amide bonds. The fourth-order valence-corrected chi connectivity index (χ4v) is 3.81. The van der Waals surface area contributed by atoms with Gasteiger partial charge in [0.15, 0.2) is 0 Å². The van der Waals surface area contributed by atoms with Crippen molar-refractivity contribution in [2.75, 3.05) is 12.9 Å². The Bertz CT molecular complexity index is 660. The summed E-state index contributed by atoms with van der Waals surface area (Å²) in [7, 11) is -3.46. The number of allylic oxidation sites excluding steroid dienone is 2. The Balaban J connectivity index is 2.04. The van der Waals surface area contributed by atoms with Gasteiger partial charge in [-0.2, -0.15) is 8.42 Å². The second-order valence-corrected chi connectivity index (χ2v) is 7.09. The van der Waals surface area contributed by atoms with Crippen LogP contribution in [0.15, 0.2) is 35.6 Å². The third-order valence-electron chi connectivity index (χ3n) is 4.08. The fraction of sp³-hybridized carbons (Fsp3) is 0.467. The van der Waals surface area contributed by atoms with Gasteiger partial charge in [-0.1, -0.05) is 18.2 Å². The normalized spacial score (nSPS) is 25.5. The number of hydrogen-bond acceptors (Lipinski definition) is 4. The molecule has 1 aliphatic heterocycles.